The molecule has 2 atom stereocenters. The Bertz CT molecular complexity index is 389. The molecule has 2 saturated heterocycles. The standard InChI is InChI=1S/C14H23N3OS/c1-15-3-5-17(6-4-15)13-9-16(10-14(13)18)8-12-2-7-19-11-12/h2,7,11,13-14,18H,3-6,8-10H2,1H3/t13-,14-/m1/s1. The molecule has 0 aromatic carbocycles. The van der Waals surface area contributed by atoms with Crippen LogP contribution in [0.15, 0.2) is 16.8 Å². The molecule has 3 rings (SSSR count). The van der Waals surface area contributed by atoms with Crippen molar-refractivity contribution in [2.45, 2.75) is 18.7 Å². The lowest BCUT2D eigenvalue weighted by atomic mass is 10.1. The van der Waals surface area contributed by atoms with Crippen LogP contribution < -0.4 is 0 Å². The molecule has 0 aliphatic carbocycles. The highest BCUT2D eigenvalue weighted by Gasteiger charge is 2.36. The molecule has 5 heteroatoms. The zero-order valence-electron chi connectivity index (χ0n) is 11.5. The molecule has 2 aliphatic rings. The van der Waals surface area contributed by atoms with Crippen LogP contribution in [0.3, 0.4) is 0 Å². The van der Waals surface area contributed by atoms with Crippen LogP contribution in [0.2, 0.25) is 0 Å². The largest absolute Gasteiger partial charge is 0.390 e. The highest BCUT2D eigenvalue weighted by Crippen LogP contribution is 2.20. The smallest absolute Gasteiger partial charge is 0.0834 e. The molecule has 0 spiro atoms. The molecule has 106 valence electrons. The Morgan fingerprint density at radius 1 is 1.26 bits per heavy atom. The molecule has 0 saturated carbocycles. The van der Waals surface area contributed by atoms with Gasteiger partial charge < -0.3 is 10.0 Å². The van der Waals surface area contributed by atoms with Gasteiger partial charge in [0.15, 0.2) is 0 Å². The number of thiophene rings is 1. The zero-order chi connectivity index (χ0) is 13.2. The minimum Gasteiger partial charge on any atom is -0.390 e. The number of hydrogen-bond donors (Lipinski definition) is 1. The third-order valence-electron chi connectivity index (χ3n) is 4.33. The third kappa shape index (κ3) is 3.17. The Kier molecular flexibility index (Phi) is 4.19. The first kappa shape index (κ1) is 13.5. The summed E-state index contributed by atoms with van der Waals surface area (Å²) in [5.74, 6) is 0. The van der Waals surface area contributed by atoms with E-state index in [1.165, 1.54) is 5.56 Å². The van der Waals surface area contributed by atoms with Gasteiger partial charge in [0.2, 0.25) is 0 Å². The van der Waals surface area contributed by atoms with Crippen molar-refractivity contribution in [2.75, 3.05) is 46.3 Å². The summed E-state index contributed by atoms with van der Waals surface area (Å²) in [6, 6.07) is 2.51. The van der Waals surface area contributed by atoms with Crippen LogP contribution >= 0.6 is 11.3 Å². The third-order valence-corrected chi connectivity index (χ3v) is 5.06. The second-order valence-corrected chi connectivity index (χ2v) is 6.58. The van der Waals surface area contributed by atoms with Crippen molar-refractivity contribution in [2.24, 2.45) is 0 Å². The number of aliphatic hydroxyl groups is 1. The maximum atomic E-state index is 10.3. The first-order valence-electron chi connectivity index (χ1n) is 7.06. The molecule has 2 aliphatic heterocycles. The number of β-amino-alcohol motifs (C(OH)–C–C–N with tert-alkyl or cyclic N) is 1. The summed E-state index contributed by atoms with van der Waals surface area (Å²) in [6.45, 7) is 7.20. The predicted octanol–water partition coefficient (Wildman–Crippen LogP) is 0.541. The minimum atomic E-state index is -0.193. The van der Waals surface area contributed by atoms with E-state index < -0.39 is 0 Å². The minimum absolute atomic E-state index is 0.193. The number of nitrogens with zero attached hydrogens (tertiary/aromatic N) is 3. The lowest BCUT2D eigenvalue weighted by Crippen LogP contribution is -2.52. The quantitative estimate of drug-likeness (QED) is 0.876. The van der Waals surface area contributed by atoms with Crippen LogP contribution in [-0.4, -0.2) is 78.3 Å². The molecule has 3 heterocycles. The second kappa shape index (κ2) is 5.89. The summed E-state index contributed by atoms with van der Waals surface area (Å²) >= 11 is 1.75. The first-order chi connectivity index (χ1) is 9.22. The number of rotatable bonds is 3. The number of hydrogen-bond acceptors (Lipinski definition) is 5. The normalized spacial score (nSPS) is 31.1. The Hall–Kier alpha value is -0.460. The summed E-state index contributed by atoms with van der Waals surface area (Å²) in [6.07, 6.45) is -0.193. The molecule has 1 N–H and O–H groups in total. The van der Waals surface area contributed by atoms with Gasteiger partial charge in [-0.1, -0.05) is 0 Å². The van der Waals surface area contributed by atoms with E-state index in [-0.39, 0.29) is 6.10 Å². The van der Waals surface area contributed by atoms with Gasteiger partial charge in [0.05, 0.1) is 6.10 Å². The number of likely N-dealkylation sites (tertiary alicyclic amines) is 1. The molecule has 2 fully saturated rings. The van der Waals surface area contributed by atoms with Gasteiger partial charge in [-0.05, 0) is 29.4 Å². The molecule has 1 aromatic rings. The Morgan fingerprint density at radius 2 is 2.05 bits per heavy atom. The summed E-state index contributed by atoms with van der Waals surface area (Å²) in [4.78, 5) is 7.22. The van der Waals surface area contributed by atoms with Crippen LogP contribution in [-0.2, 0) is 6.54 Å². The Morgan fingerprint density at radius 3 is 2.74 bits per heavy atom. The SMILES string of the molecule is CN1CCN([C@@H]2CN(Cc3ccsc3)C[C@H]2O)CC1. The highest BCUT2D eigenvalue weighted by atomic mass is 32.1. The summed E-state index contributed by atoms with van der Waals surface area (Å²) in [5, 5.41) is 14.6. The molecule has 4 nitrogen and oxygen atoms in total. The van der Waals surface area contributed by atoms with Gasteiger partial charge in [-0.3, -0.25) is 9.80 Å². The maximum absolute atomic E-state index is 10.3. The van der Waals surface area contributed by atoms with Crippen LogP contribution in [0.25, 0.3) is 0 Å². The predicted molar refractivity (Wildman–Crippen MR) is 78.5 cm³/mol. The zero-order valence-corrected chi connectivity index (χ0v) is 12.4. The van der Waals surface area contributed by atoms with Gasteiger partial charge in [0, 0.05) is 51.9 Å². The van der Waals surface area contributed by atoms with Crippen molar-refractivity contribution in [3.05, 3.63) is 22.4 Å². The van der Waals surface area contributed by atoms with Crippen molar-refractivity contribution < 1.29 is 5.11 Å². The van der Waals surface area contributed by atoms with Gasteiger partial charge in [0.1, 0.15) is 0 Å². The van der Waals surface area contributed by atoms with Crippen molar-refractivity contribution in [1.82, 2.24) is 14.7 Å². The molecule has 0 amide bonds. The maximum Gasteiger partial charge on any atom is 0.0834 e. The van der Waals surface area contributed by atoms with Gasteiger partial charge in [-0.2, -0.15) is 11.3 Å². The van der Waals surface area contributed by atoms with Crippen molar-refractivity contribution in [3.8, 4) is 0 Å². The van der Waals surface area contributed by atoms with Crippen molar-refractivity contribution in [3.63, 3.8) is 0 Å². The van der Waals surface area contributed by atoms with Gasteiger partial charge in [-0.15, -0.1) is 0 Å². The fraction of sp³-hybridized carbons (Fsp3) is 0.714. The van der Waals surface area contributed by atoms with E-state index in [4.69, 9.17) is 0 Å². The van der Waals surface area contributed by atoms with E-state index in [1.54, 1.807) is 11.3 Å². The van der Waals surface area contributed by atoms with Gasteiger partial charge in [0.25, 0.3) is 0 Å². The fourth-order valence-corrected chi connectivity index (χ4v) is 3.79. The average molecular weight is 281 g/mol. The lowest BCUT2D eigenvalue weighted by molar-refractivity contribution is 0.0512. The summed E-state index contributed by atoms with van der Waals surface area (Å²) in [5.41, 5.74) is 1.37. The number of aliphatic hydroxyl groups excluding tert-OH is 1. The molecule has 19 heavy (non-hydrogen) atoms. The molecule has 0 radical (unpaired) electrons. The van der Waals surface area contributed by atoms with Gasteiger partial charge in [-0.25, -0.2) is 0 Å². The summed E-state index contributed by atoms with van der Waals surface area (Å²) in [7, 11) is 2.17. The van der Waals surface area contributed by atoms with E-state index in [9.17, 15) is 5.11 Å². The molecular formula is C14H23N3OS. The monoisotopic (exact) mass is 281 g/mol. The topological polar surface area (TPSA) is 30.0 Å². The fourth-order valence-electron chi connectivity index (χ4n) is 3.13. The van der Waals surface area contributed by atoms with Crippen LogP contribution in [0.4, 0.5) is 0 Å². The molecule has 0 bridgehead atoms. The molecule has 0 unspecified atom stereocenters. The lowest BCUT2D eigenvalue weighted by Gasteiger charge is -2.37. The number of likely N-dealkylation sites (N-methyl/N-ethyl adjacent to an activating group) is 1. The summed E-state index contributed by atoms with van der Waals surface area (Å²) < 4.78 is 0. The Labute approximate surface area is 119 Å². The van der Waals surface area contributed by atoms with Gasteiger partial charge >= 0.3 is 0 Å². The van der Waals surface area contributed by atoms with E-state index in [2.05, 4.69) is 38.6 Å². The first-order valence-corrected chi connectivity index (χ1v) is 8.01. The van der Waals surface area contributed by atoms with E-state index in [1.807, 2.05) is 0 Å². The van der Waals surface area contributed by atoms with E-state index in [0.717, 1.165) is 45.8 Å². The van der Waals surface area contributed by atoms with E-state index >= 15 is 0 Å². The van der Waals surface area contributed by atoms with E-state index in [0.29, 0.717) is 6.04 Å². The van der Waals surface area contributed by atoms with Crippen molar-refractivity contribution >= 4 is 11.3 Å². The molecule has 1 aromatic heterocycles. The second-order valence-electron chi connectivity index (χ2n) is 5.80. The molecular weight excluding hydrogens is 258 g/mol. The van der Waals surface area contributed by atoms with Crippen LogP contribution in [0.1, 0.15) is 5.56 Å². The van der Waals surface area contributed by atoms with Crippen molar-refractivity contribution in [1.29, 1.82) is 0 Å². The number of piperazine rings is 1. The Balaban J connectivity index is 1.56. The van der Waals surface area contributed by atoms with Crippen LogP contribution in [0, 0.1) is 0 Å². The highest BCUT2D eigenvalue weighted by molar-refractivity contribution is 7.07. The van der Waals surface area contributed by atoms with Crippen LogP contribution in [0.5, 0.6) is 0 Å². The average Bonchev–Trinajstić information content (AvgIpc) is 3.01.